The Morgan fingerprint density at radius 2 is 1.88 bits per heavy atom. The van der Waals surface area contributed by atoms with Crippen molar-refractivity contribution in [2.45, 2.75) is 57.4 Å². The van der Waals surface area contributed by atoms with Crippen LogP contribution in [0.25, 0.3) is 0 Å². The first-order valence-electron chi connectivity index (χ1n) is 7.87. The molecule has 3 rings (SSSR count). The topological polar surface area (TPSA) is 15.3 Å². The van der Waals surface area contributed by atoms with Gasteiger partial charge in [0.2, 0.25) is 0 Å². The van der Waals surface area contributed by atoms with Crippen LogP contribution < -0.4 is 5.32 Å². The molecule has 2 nitrogen and oxygen atoms in total. The normalized spacial score (nSPS) is 32.1. The fourth-order valence-electron chi connectivity index (χ4n) is 3.76. The molecule has 0 aromatic rings. The second-order valence-electron chi connectivity index (χ2n) is 6.49. The average molecular weight is 236 g/mol. The zero-order valence-electron chi connectivity index (χ0n) is 11.2. The predicted molar refractivity (Wildman–Crippen MR) is 72.1 cm³/mol. The van der Waals surface area contributed by atoms with Crippen LogP contribution in [0.5, 0.6) is 0 Å². The molecule has 98 valence electrons. The summed E-state index contributed by atoms with van der Waals surface area (Å²) >= 11 is 0. The van der Waals surface area contributed by atoms with Crippen LogP contribution in [0.15, 0.2) is 0 Å². The van der Waals surface area contributed by atoms with Gasteiger partial charge in [0.25, 0.3) is 0 Å². The molecule has 3 fully saturated rings. The third-order valence-electron chi connectivity index (χ3n) is 5.04. The second-order valence-corrected chi connectivity index (χ2v) is 6.49. The predicted octanol–water partition coefficient (Wildman–Crippen LogP) is 2.64. The van der Waals surface area contributed by atoms with E-state index in [0.717, 1.165) is 17.9 Å². The minimum Gasteiger partial charge on any atom is -0.311 e. The van der Waals surface area contributed by atoms with Crippen LogP contribution in [0.2, 0.25) is 0 Å². The van der Waals surface area contributed by atoms with Crippen molar-refractivity contribution >= 4 is 0 Å². The number of nitrogens with one attached hydrogen (secondary N) is 1. The van der Waals surface area contributed by atoms with E-state index in [2.05, 4.69) is 10.2 Å². The number of hydrogen-bond donors (Lipinski definition) is 1. The molecule has 0 aromatic heterocycles. The minimum absolute atomic E-state index is 0.829. The Bertz CT molecular complexity index is 231. The molecule has 1 atom stereocenters. The monoisotopic (exact) mass is 236 g/mol. The van der Waals surface area contributed by atoms with Crippen molar-refractivity contribution in [3.05, 3.63) is 0 Å². The molecule has 0 amide bonds. The van der Waals surface area contributed by atoms with Crippen LogP contribution in [-0.4, -0.2) is 37.1 Å². The smallest absolute Gasteiger partial charge is 0.0223 e. The summed E-state index contributed by atoms with van der Waals surface area (Å²) in [4.78, 5) is 2.72. The van der Waals surface area contributed by atoms with E-state index in [0.29, 0.717) is 0 Å². The molecule has 1 N–H and O–H groups in total. The third-order valence-corrected chi connectivity index (χ3v) is 5.04. The second kappa shape index (κ2) is 5.71. The third kappa shape index (κ3) is 3.45. The zero-order chi connectivity index (χ0) is 11.5. The van der Waals surface area contributed by atoms with Crippen LogP contribution in [0.1, 0.15) is 51.4 Å². The standard InChI is InChI=1S/C15H28N2/c1-2-5-13(4-1)6-3-10-17-11-9-16-15(12-17)14-7-8-14/h13-16H,1-12H2. The van der Waals surface area contributed by atoms with Crippen molar-refractivity contribution in [3.8, 4) is 0 Å². The van der Waals surface area contributed by atoms with Crippen molar-refractivity contribution < 1.29 is 0 Å². The number of hydrogen-bond acceptors (Lipinski definition) is 2. The summed E-state index contributed by atoms with van der Waals surface area (Å²) in [5.41, 5.74) is 0. The van der Waals surface area contributed by atoms with Gasteiger partial charge in [0, 0.05) is 25.7 Å². The first-order chi connectivity index (χ1) is 8.42. The van der Waals surface area contributed by atoms with Gasteiger partial charge in [-0.3, -0.25) is 0 Å². The van der Waals surface area contributed by atoms with Gasteiger partial charge in [-0.05, 0) is 44.1 Å². The molecule has 0 bridgehead atoms. The number of piperazine rings is 1. The maximum atomic E-state index is 3.70. The molecule has 17 heavy (non-hydrogen) atoms. The summed E-state index contributed by atoms with van der Waals surface area (Å²) in [5.74, 6) is 2.10. The summed E-state index contributed by atoms with van der Waals surface area (Å²) < 4.78 is 0. The van der Waals surface area contributed by atoms with Crippen molar-refractivity contribution in [3.63, 3.8) is 0 Å². The van der Waals surface area contributed by atoms with Crippen molar-refractivity contribution in [2.75, 3.05) is 26.2 Å². The van der Waals surface area contributed by atoms with E-state index in [1.54, 1.807) is 0 Å². The van der Waals surface area contributed by atoms with E-state index in [9.17, 15) is 0 Å². The molecule has 0 aromatic carbocycles. The van der Waals surface area contributed by atoms with Gasteiger partial charge in [0.05, 0.1) is 0 Å². The Balaban J connectivity index is 1.33. The Labute approximate surface area is 106 Å². The summed E-state index contributed by atoms with van der Waals surface area (Å²) in [5, 5.41) is 3.70. The Kier molecular flexibility index (Phi) is 4.02. The van der Waals surface area contributed by atoms with Crippen LogP contribution in [0.3, 0.4) is 0 Å². The van der Waals surface area contributed by atoms with Crippen molar-refractivity contribution in [2.24, 2.45) is 11.8 Å². The van der Waals surface area contributed by atoms with Gasteiger partial charge >= 0.3 is 0 Å². The molecule has 0 spiro atoms. The summed E-state index contributed by atoms with van der Waals surface area (Å²) in [6, 6.07) is 0.829. The first-order valence-corrected chi connectivity index (χ1v) is 7.87. The molecule has 1 aliphatic heterocycles. The fourth-order valence-corrected chi connectivity index (χ4v) is 3.76. The van der Waals surface area contributed by atoms with Crippen LogP contribution in [0.4, 0.5) is 0 Å². The Hall–Kier alpha value is -0.0800. The molecule has 3 aliphatic rings. The molecule has 1 unspecified atom stereocenters. The van der Waals surface area contributed by atoms with Gasteiger partial charge in [-0.25, -0.2) is 0 Å². The average Bonchev–Trinajstić information content (AvgIpc) is 3.09. The quantitative estimate of drug-likeness (QED) is 0.789. The van der Waals surface area contributed by atoms with Gasteiger partial charge < -0.3 is 10.2 Å². The Morgan fingerprint density at radius 3 is 2.65 bits per heavy atom. The highest BCUT2D eigenvalue weighted by Gasteiger charge is 2.33. The van der Waals surface area contributed by atoms with Gasteiger partial charge in [-0.15, -0.1) is 0 Å². The minimum atomic E-state index is 0.829. The lowest BCUT2D eigenvalue weighted by atomic mass is 10.0. The maximum Gasteiger partial charge on any atom is 0.0223 e. The Morgan fingerprint density at radius 1 is 1.06 bits per heavy atom. The van der Waals surface area contributed by atoms with E-state index in [4.69, 9.17) is 0 Å². The lowest BCUT2D eigenvalue weighted by molar-refractivity contribution is 0.183. The molecule has 0 radical (unpaired) electrons. The van der Waals surface area contributed by atoms with Crippen LogP contribution in [-0.2, 0) is 0 Å². The molecule has 1 saturated heterocycles. The van der Waals surface area contributed by atoms with E-state index in [1.165, 1.54) is 77.5 Å². The zero-order valence-corrected chi connectivity index (χ0v) is 11.2. The molecule has 2 aliphatic carbocycles. The number of nitrogens with zero attached hydrogens (tertiary/aromatic N) is 1. The summed E-state index contributed by atoms with van der Waals surface area (Å²) in [6.45, 7) is 5.20. The largest absolute Gasteiger partial charge is 0.311 e. The van der Waals surface area contributed by atoms with E-state index < -0.39 is 0 Å². The molecule has 2 heteroatoms. The fraction of sp³-hybridized carbons (Fsp3) is 1.00. The first kappa shape index (κ1) is 12.0. The van der Waals surface area contributed by atoms with Crippen molar-refractivity contribution in [1.29, 1.82) is 0 Å². The molecular formula is C15H28N2. The van der Waals surface area contributed by atoms with Crippen LogP contribution in [0, 0.1) is 11.8 Å². The highest BCUT2D eigenvalue weighted by molar-refractivity contribution is 4.91. The number of rotatable bonds is 5. The highest BCUT2D eigenvalue weighted by Crippen LogP contribution is 2.34. The SMILES string of the molecule is C1CCC(CCCN2CCNC(C3CC3)C2)C1. The summed E-state index contributed by atoms with van der Waals surface area (Å²) in [7, 11) is 0. The molecule has 1 heterocycles. The summed E-state index contributed by atoms with van der Waals surface area (Å²) in [6.07, 6.45) is 11.9. The van der Waals surface area contributed by atoms with Crippen molar-refractivity contribution in [1.82, 2.24) is 10.2 Å². The van der Waals surface area contributed by atoms with Gasteiger partial charge in [0.15, 0.2) is 0 Å². The maximum absolute atomic E-state index is 3.70. The van der Waals surface area contributed by atoms with Gasteiger partial charge in [-0.1, -0.05) is 25.7 Å². The van der Waals surface area contributed by atoms with Gasteiger partial charge in [0.1, 0.15) is 0 Å². The lowest BCUT2D eigenvalue weighted by Gasteiger charge is -2.34. The van der Waals surface area contributed by atoms with E-state index in [-0.39, 0.29) is 0 Å². The lowest BCUT2D eigenvalue weighted by Crippen LogP contribution is -2.51. The highest BCUT2D eigenvalue weighted by atomic mass is 15.2. The molecular weight excluding hydrogens is 208 g/mol. The van der Waals surface area contributed by atoms with E-state index in [1.807, 2.05) is 0 Å². The van der Waals surface area contributed by atoms with Gasteiger partial charge in [-0.2, -0.15) is 0 Å². The molecule has 2 saturated carbocycles. The van der Waals surface area contributed by atoms with E-state index >= 15 is 0 Å². The van der Waals surface area contributed by atoms with Crippen LogP contribution >= 0.6 is 0 Å².